The van der Waals surface area contributed by atoms with Crippen LogP contribution in [0.4, 0.5) is 5.69 Å². The first-order valence-electron chi connectivity index (χ1n) is 13.4. The molecule has 0 atom stereocenters. The number of rotatable bonds is 7. The summed E-state index contributed by atoms with van der Waals surface area (Å²) in [5.41, 5.74) is 6.27. The van der Waals surface area contributed by atoms with Crippen LogP contribution in [0.2, 0.25) is 0 Å². The molecular weight excluding hydrogens is 480 g/mol. The minimum absolute atomic E-state index is 0.117. The monoisotopic (exact) mass is 514 g/mol. The average Bonchev–Trinajstić information content (AvgIpc) is 2.92. The standard InChI is InChI=1S/C31H34N2O5/c1-4-33-22-7-5-9-24(34)30(22)29(31-23(33)8-6-10-25(31)35)20-13-16-26(27(17-20)37-3)38-18-28(36)32-21-14-11-19(2)12-15-21/h11-17,29H,4-10,18H2,1-3H3,(H,32,36). The number of amides is 1. The molecule has 0 bridgehead atoms. The zero-order valence-corrected chi connectivity index (χ0v) is 22.3. The van der Waals surface area contributed by atoms with Crippen LogP contribution >= 0.6 is 0 Å². The van der Waals surface area contributed by atoms with E-state index in [2.05, 4.69) is 17.1 Å². The first-order valence-corrected chi connectivity index (χ1v) is 13.4. The maximum atomic E-state index is 13.3. The average molecular weight is 515 g/mol. The van der Waals surface area contributed by atoms with E-state index in [1.807, 2.05) is 43.3 Å². The van der Waals surface area contributed by atoms with Gasteiger partial charge in [0.05, 0.1) is 7.11 Å². The van der Waals surface area contributed by atoms with E-state index in [4.69, 9.17) is 9.47 Å². The zero-order valence-electron chi connectivity index (χ0n) is 22.3. The zero-order chi connectivity index (χ0) is 26.8. The number of Topliss-reactive ketones (excluding diaryl/α,β-unsaturated/α-hetero) is 2. The van der Waals surface area contributed by atoms with Crippen LogP contribution in [0, 0.1) is 6.92 Å². The Hall–Kier alpha value is -3.87. The lowest BCUT2D eigenvalue weighted by Crippen LogP contribution is -2.39. The van der Waals surface area contributed by atoms with Crippen LogP contribution in [-0.4, -0.2) is 42.6 Å². The molecule has 2 aromatic rings. The second kappa shape index (κ2) is 10.9. The summed E-state index contributed by atoms with van der Waals surface area (Å²) in [5.74, 6) is 0.431. The molecular formula is C31H34N2O5. The number of methoxy groups -OCH3 is 1. The SMILES string of the molecule is CCN1C2=C(C(=O)CCC2)C(c2ccc(OCC(=O)Nc3ccc(C)cc3)c(OC)c2)C2=C1CCCC2=O. The Morgan fingerprint density at radius 2 is 1.55 bits per heavy atom. The lowest BCUT2D eigenvalue weighted by atomic mass is 9.71. The molecule has 7 heteroatoms. The Kier molecular flexibility index (Phi) is 7.36. The van der Waals surface area contributed by atoms with Gasteiger partial charge in [-0.15, -0.1) is 0 Å². The Morgan fingerprint density at radius 1 is 0.921 bits per heavy atom. The fourth-order valence-electron chi connectivity index (χ4n) is 5.89. The summed E-state index contributed by atoms with van der Waals surface area (Å²) in [5, 5.41) is 2.82. The molecule has 0 radical (unpaired) electrons. The van der Waals surface area contributed by atoms with Crippen molar-refractivity contribution < 1.29 is 23.9 Å². The highest BCUT2D eigenvalue weighted by atomic mass is 16.5. The molecule has 0 saturated heterocycles. The Labute approximate surface area is 223 Å². The van der Waals surface area contributed by atoms with Crippen LogP contribution in [-0.2, 0) is 14.4 Å². The Bertz CT molecular complexity index is 1290. The van der Waals surface area contributed by atoms with Crippen molar-refractivity contribution in [3.8, 4) is 11.5 Å². The number of nitrogens with zero attached hydrogens (tertiary/aromatic N) is 1. The van der Waals surface area contributed by atoms with Crippen molar-refractivity contribution in [1.82, 2.24) is 4.90 Å². The molecule has 38 heavy (non-hydrogen) atoms. The largest absolute Gasteiger partial charge is 0.493 e. The van der Waals surface area contributed by atoms with E-state index in [0.29, 0.717) is 30.0 Å². The van der Waals surface area contributed by atoms with Gasteiger partial charge in [-0.1, -0.05) is 23.8 Å². The van der Waals surface area contributed by atoms with Gasteiger partial charge < -0.3 is 19.7 Å². The van der Waals surface area contributed by atoms with E-state index in [9.17, 15) is 14.4 Å². The maximum Gasteiger partial charge on any atom is 0.262 e. The lowest BCUT2D eigenvalue weighted by Gasteiger charge is -2.43. The third-order valence-electron chi connectivity index (χ3n) is 7.62. The lowest BCUT2D eigenvalue weighted by molar-refractivity contribution is -0.118. The molecule has 2 aliphatic carbocycles. The predicted octanol–water partition coefficient (Wildman–Crippen LogP) is 5.45. The number of nitrogens with one attached hydrogen (secondary N) is 1. The van der Waals surface area contributed by atoms with Crippen molar-refractivity contribution in [3.05, 3.63) is 76.1 Å². The van der Waals surface area contributed by atoms with E-state index in [-0.39, 0.29) is 24.1 Å². The van der Waals surface area contributed by atoms with Gasteiger partial charge in [-0.2, -0.15) is 0 Å². The second-order valence-electron chi connectivity index (χ2n) is 10.1. The summed E-state index contributed by atoms with van der Waals surface area (Å²) < 4.78 is 11.5. The molecule has 1 N–H and O–H groups in total. The van der Waals surface area contributed by atoms with Crippen LogP contribution in [0.1, 0.15) is 62.5 Å². The number of hydrogen-bond donors (Lipinski definition) is 1. The van der Waals surface area contributed by atoms with Crippen molar-refractivity contribution in [2.75, 3.05) is 25.6 Å². The van der Waals surface area contributed by atoms with Crippen molar-refractivity contribution >= 4 is 23.2 Å². The van der Waals surface area contributed by atoms with E-state index in [0.717, 1.165) is 65.9 Å². The predicted molar refractivity (Wildman–Crippen MR) is 145 cm³/mol. The second-order valence-corrected chi connectivity index (χ2v) is 10.1. The van der Waals surface area contributed by atoms with Crippen LogP contribution in [0.25, 0.3) is 0 Å². The van der Waals surface area contributed by atoms with E-state index < -0.39 is 5.92 Å². The van der Waals surface area contributed by atoms with Crippen LogP contribution in [0.3, 0.4) is 0 Å². The smallest absolute Gasteiger partial charge is 0.262 e. The number of aryl methyl sites for hydroxylation is 1. The fraction of sp³-hybridized carbons (Fsp3) is 0.387. The third kappa shape index (κ3) is 4.85. The van der Waals surface area contributed by atoms with Gasteiger partial charge in [-0.05, 0) is 69.4 Å². The first kappa shape index (κ1) is 25.8. The number of benzene rings is 2. The van der Waals surface area contributed by atoms with Gasteiger partial charge in [0, 0.05) is 53.5 Å². The van der Waals surface area contributed by atoms with E-state index >= 15 is 0 Å². The molecule has 198 valence electrons. The normalized spacial score (nSPS) is 17.8. The molecule has 7 nitrogen and oxygen atoms in total. The fourth-order valence-corrected chi connectivity index (χ4v) is 5.89. The topological polar surface area (TPSA) is 84.9 Å². The van der Waals surface area contributed by atoms with Gasteiger partial charge >= 0.3 is 0 Å². The number of ketones is 2. The highest BCUT2D eigenvalue weighted by Gasteiger charge is 2.43. The molecule has 3 aliphatic rings. The van der Waals surface area contributed by atoms with Gasteiger partial charge in [-0.25, -0.2) is 0 Å². The van der Waals surface area contributed by atoms with Gasteiger partial charge in [0.1, 0.15) is 0 Å². The summed E-state index contributed by atoms with van der Waals surface area (Å²) in [4.78, 5) is 41.3. The molecule has 5 rings (SSSR count). The number of ether oxygens (including phenoxy) is 2. The number of allylic oxidation sites excluding steroid dienone is 4. The minimum Gasteiger partial charge on any atom is -0.493 e. The summed E-state index contributed by atoms with van der Waals surface area (Å²) >= 11 is 0. The number of hydrogen-bond acceptors (Lipinski definition) is 6. The summed E-state index contributed by atoms with van der Waals surface area (Å²) in [6.07, 6.45) is 4.34. The highest BCUT2D eigenvalue weighted by Crippen LogP contribution is 2.49. The molecule has 0 spiro atoms. The van der Waals surface area contributed by atoms with Gasteiger partial charge in [0.25, 0.3) is 5.91 Å². The molecule has 1 heterocycles. The molecule has 0 saturated carbocycles. The number of anilines is 1. The molecule has 1 aliphatic heterocycles. The van der Waals surface area contributed by atoms with Crippen LogP contribution in [0.5, 0.6) is 11.5 Å². The quantitative estimate of drug-likeness (QED) is 0.529. The summed E-state index contributed by atoms with van der Waals surface area (Å²) in [6, 6.07) is 13.0. The highest BCUT2D eigenvalue weighted by molar-refractivity contribution is 6.06. The van der Waals surface area contributed by atoms with Crippen molar-refractivity contribution in [3.63, 3.8) is 0 Å². The maximum absolute atomic E-state index is 13.3. The van der Waals surface area contributed by atoms with Gasteiger partial charge in [0.2, 0.25) is 0 Å². The van der Waals surface area contributed by atoms with E-state index in [1.165, 1.54) is 0 Å². The minimum atomic E-state index is -0.406. The molecule has 0 unspecified atom stereocenters. The first-order chi connectivity index (χ1) is 18.4. The van der Waals surface area contributed by atoms with E-state index in [1.54, 1.807) is 13.2 Å². The number of carbonyl (C=O) groups is 3. The van der Waals surface area contributed by atoms with Crippen molar-refractivity contribution in [2.24, 2.45) is 0 Å². The van der Waals surface area contributed by atoms with Crippen LogP contribution in [0.15, 0.2) is 65.0 Å². The molecule has 1 amide bonds. The van der Waals surface area contributed by atoms with Gasteiger partial charge in [0.15, 0.2) is 29.7 Å². The molecule has 0 fully saturated rings. The Balaban J connectivity index is 1.44. The Morgan fingerprint density at radius 3 is 2.13 bits per heavy atom. The molecule has 0 aromatic heterocycles. The third-order valence-corrected chi connectivity index (χ3v) is 7.62. The van der Waals surface area contributed by atoms with Gasteiger partial charge in [-0.3, -0.25) is 14.4 Å². The van der Waals surface area contributed by atoms with Crippen molar-refractivity contribution in [2.45, 2.75) is 58.3 Å². The van der Waals surface area contributed by atoms with Crippen LogP contribution < -0.4 is 14.8 Å². The molecule has 2 aromatic carbocycles. The summed E-state index contributed by atoms with van der Waals surface area (Å²) in [7, 11) is 1.55. The number of carbonyl (C=O) groups excluding carboxylic acids is 3. The van der Waals surface area contributed by atoms with Crippen molar-refractivity contribution in [1.29, 1.82) is 0 Å². The summed E-state index contributed by atoms with van der Waals surface area (Å²) in [6.45, 7) is 4.63.